The molecule has 32 heavy (non-hydrogen) atoms. The van der Waals surface area contributed by atoms with Crippen molar-refractivity contribution in [1.82, 2.24) is 9.97 Å². The van der Waals surface area contributed by atoms with Crippen molar-refractivity contribution in [3.8, 4) is 11.3 Å². The van der Waals surface area contributed by atoms with E-state index in [1.165, 1.54) is 19.2 Å². The first-order chi connectivity index (χ1) is 14.9. The largest absolute Gasteiger partial charge is 0.481 e. The Kier molecular flexibility index (Phi) is 8.45. The van der Waals surface area contributed by atoms with Crippen LogP contribution in [-0.4, -0.2) is 54.0 Å². The topological polar surface area (TPSA) is 121 Å². The van der Waals surface area contributed by atoms with Crippen molar-refractivity contribution in [3.63, 3.8) is 0 Å². The van der Waals surface area contributed by atoms with Crippen LogP contribution in [0.25, 0.3) is 17.3 Å². The van der Waals surface area contributed by atoms with Gasteiger partial charge < -0.3 is 10.2 Å². The Morgan fingerprint density at radius 1 is 1.22 bits per heavy atom. The molecule has 174 valence electrons. The maximum atomic E-state index is 13.5. The van der Waals surface area contributed by atoms with E-state index in [1.807, 2.05) is 13.8 Å². The molecule has 0 radical (unpaired) electrons. The highest BCUT2D eigenvalue weighted by molar-refractivity contribution is 7.92. The maximum Gasteiger partial charge on any atom is 0.305 e. The molecule has 1 heterocycles. The van der Waals surface area contributed by atoms with Crippen LogP contribution >= 0.6 is 0 Å². The lowest BCUT2D eigenvalue weighted by atomic mass is 9.97. The molecule has 0 aliphatic carbocycles. The van der Waals surface area contributed by atoms with Gasteiger partial charge in [0, 0.05) is 18.2 Å². The van der Waals surface area contributed by atoms with Gasteiger partial charge in [0.25, 0.3) is 0 Å². The highest BCUT2D eigenvalue weighted by Crippen LogP contribution is 2.31. The maximum absolute atomic E-state index is 13.5. The van der Waals surface area contributed by atoms with Crippen LogP contribution in [0, 0.1) is 5.82 Å². The van der Waals surface area contributed by atoms with Crippen LogP contribution in [0.5, 0.6) is 0 Å². The number of benzene rings is 1. The summed E-state index contributed by atoms with van der Waals surface area (Å²) in [7, 11) is -2.24. The molecule has 1 unspecified atom stereocenters. The average Bonchev–Trinajstić information content (AvgIpc) is 2.69. The summed E-state index contributed by atoms with van der Waals surface area (Å²) in [6.45, 7) is 3.82. The van der Waals surface area contributed by atoms with Crippen LogP contribution < -0.4 is 4.31 Å². The number of aromatic nitrogens is 2. The number of hydrogen-bond acceptors (Lipinski definition) is 6. The third-order valence-corrected chi connectivity index (χ3v) is 5.93. The van der Waals surface area contributed by atoms with Gasteiger partial charge in [0.15, 0.2) is 0 Å². The van der Waals surface area contributed by atoms with Crippen LogP contribution in [0.3, 0.4) is 0 Å². The van der Waals surface area contributed by atoms with Gasteiger partial charge in [0.1, 0.15) is 5.82 Å². The van der Waals surface area contributed by atoms with Crippen LogP contribution in [0.4, 0.5) is 10.3 Å². The van der Waals surface area contributed by atoms with E-state index in [4.69, 9.17) is 5.11 Å². The average molecular weight is 466 g/mol. The predicted octanol–water partition coefficient (Wildman–Crippen LogP) is 3.43. The molecule has 1 atom stereocenters. The number of aliphatic hydroxyl groups excluding tert-OH is 1. The van der Waals surface area contributed by atoms with Crippen LogP contribution in [0.1, 0.15) is 50.3 Å². The number of anilines is 1. The highest BCUT2D eigenvalue weighted by Gasteiger charge is 2.22. The molecule has 1 aromatic carbocycles. The van der Waals surface area contributed by atoms with Crippen LogP contribution in [-0.2, 0) is 14.8 Å². The lowest BCUT2D eigenvalue weighted by Gasteiger charge is -2.20. The Labute approximate surface area is 187 Å². The van der Waals surface area contributed by atoms with Crippen molar-refractivity contribution in [2.24, 2.45) is 0 Å². The Bertz CT molecular complexity index is 1090. The van der Waals surface area contributed by atoms with E-state index in [0.717, 1.165) is 10.6 Å². The van der Waals surface area contributed by atoms with Crippen molar-refractivity contribution in [2.75, 3.05) is 17.6 Å². The van der Waals surface area contributed by atoms with E-state index in [9.17, 15) is 22.7 Å². The summed E-state index contributed by atoms with van der Waals surface area (Å²) in [6, 6.07) is 5.70. The van der Waals surface area contributed by atoms with Gasteiger partial charge in [-0.25, -0.2) is 27.1 Å². The lowest BCUT2D eigenvalue weighted by Crippen LogP contribution is -2.27. The monoisotopic (exact) mass is 465 g/mol. The second-order valence-electron chi connectivity index (χ2n) is 7.79. The molecular formula is C22H28FN3O5S. The Hall–Kier alpha value is -2.85. The van der Waals surface area contributed by atoms with Gasteiger partial charge in [0.05, 0.1) is 30.2 Å². The van der Waals surface area contributed by atoms with E-state index < -0.39 is 27.9 Å². The highest BCUT2D eigenvalue weighted by atomic mass is 32.2. The first-order valence-corrected chi connectivity index (χ1v) is 11.9. The molecule has 2 aromatic rings. The van der Waals surface area contributed by atoms with Crippen molar-refractivity contribution in [2.45, 2.75) is 45.1 Å². The van der Waals surface area contributed by atoms with Crippen molar-refractivity contribution >= 4 is 28.0 Å². The van der Waals surface area contributed by atoms with Crippen LogP contribution in [0.15, 0.2) is 30.3 Å². The van der Waals surface area contributed by atoms with E-state index in [2.05, 4.69) is 9.97 Å². The van der Waals surface area contributed by atoms with Gasteiger partial charge in [-0.1, -0.05) is 26.0 Å². The SMILES string of the molecule is CC(C)c1nc(N(C)S(C)(=O)=O)nc(-c2ccc(F)cc2)c1C=CCCC(O)CC(=O)O. The predicted molar refractivity (Wildman–Crippen MR) is 121 cm³/mol. The minimum atomic E-state index is -3.60. The number of nitrogens with zero attached hydrogens (tertiary/aromatic N) is 3. The summed E-state index contributed by atoms with van der Waals surface area (Å²) in [5.41, 5.74) is 2.28. The number of carboxylic acid groups (broad SMARTS) is 1. The molecule has 1 aromatic heterocycles. The minimum Gasteiger partial charge on any atom is -0.481 e. The first-order valence-electron chi connectivity index (χ1n) is 10.1. The summed E-state index contributed by atoms with van der Waals surface area (Å²) in [5, 5.41) is 18.5. The summed E-state index contributed by atoms with van der Waals surface area (Å²) in [6.07, 6.45) is 4.00. The van der Waals surface area contributed by atoms with Gasteiger partial charge >= 0.3 is 5.97 Å². The molecule has 0 amide bonds. The molecule has 0 aliphatic rings. The number of sulfonamides is 1. The molecule has 0 fully saturated rings. The molecule has 10 heteroatoms. The van der Waals surface area contributed by atoms with E-state index in [1.54, 1.807) is 24.3 Å². The number of rotatable bonds is 10. The quantitative estimate of drug-likeness (QED) is 0.551. The zero-order valence-electron chi connectivity index (χ0n) is 18.5. The third-order valence-electron chi connectivity index (χ3n) is 4.77. The van der Waals surface area contributed by atoms with E-state index in [0.29, 0.717) is 28.9 Å². The van der Waals surface area contributed by atoms with Gasteiger partial charge in [-0.05, 0) is 43.0 Å². The minimum absolute atomic E-state index is 0.00422. The van der Waals surface area contributed by atoms with Gasteiger partial charge in [-0.2, -0.15) is 0 Å². The lowest BCUT2D eigenvalue weighted by molar-refractivity contribution is -0.139. The summed E-state index contributed by atoms with van der Waals surface area (Å²) >= 11 is 0. The Morgan fingerprint density at radius 3 is 2.38 bits per heavy atom. The zero-order chi connectivity index (χ0) is 24.1. The van der Waals surface area contributed by atoms with Crippen molar-refractivity contribution in [1.29, 1.82) is 0 Å². The van der Waals surface area contributed by atoms with Gasteiger partial charge in [-0.15, -0.1) is 0 Å². The number of carboxylic acids is 1. The normalized spacial score (nSPS) is 13.0. The van der Waals surface area contributed by atoms with Gasteiger partial charge in [-0.3, -0.25) is 4.79 Å². The molecule has 0 bridgehead atoms. The molecule has 0 aliphatic heterocycles. The number of halogens is 1. The molecule has 2 rings (SSSR count). The Balaban J connectivity index is 2.55. The zero-order valence-corrected chi connectivity index (χ0v) is 19.3. The summed E-state index contributed by atoms with van der Waals surface area (Å²) < 4.78 is 38.6. The molecule has 0 saturated carbocycles. The van der Waals surface area contributed by atoms with Crippen molar-refractivity contribution in [3.05, 3.63) is 47.4 Å². The van der Waals surface area contributed by atoms with E-state index in [-0.39, 0.29) is 24.7 Å². The molecule has 8 nitrogen and oxygen atoms in total. The fraction of sp³-hybridized carbons (Fsp3) is 0.409. The summed E-state index contributed by atoms with van der Waals surface area (Å²) in [5.74, 6) is -1.56. The Morgan fingerprint density at radius 2 is 1.84 bits per heavy atom. The van der Waals surface area contributed by atoms with Gasteiger partial charge in [0.2, 0.25) is 16.0 Å². The first kappa shape index (κ1) is 25.4. The second kappa shape index (κ2) is 10.6. The number of hydrogen-bond donors (Lipinski definition) is 2. The third kappa shape index (κ3) is 6.83. The smallest absolute Gasteiger partial charge is 0.305 e. The van der Waals surface area contributed by atoms with Crippen molar-refractivity contribution < 1.29 is 27.8 Å². The van der Waals surface area contributed by atoms with Crippen LogP contribution in [0.2, 0.25) is 0 Å². The number of allylic oxidation sites excluding steroid dienone is 1. The standard InChI is InChI=1S/C22H28FN3O5S/c1-14(2)20-18(8-6-5-7-17(27)13-19(28)29)21(15-9-11-16(23)12-10-15)25-22(24-20)26(3)32(4,30)31/h6,8-12,14,17,27H,5,7,13H2,1-4H3,(H,28,29). The number of aliphatic hydroxyl groups is 1. The number of aliphatic carboxylic acids is 1. The number of carbonyl (C=O) groups is 1. The summed E-state index contributed by atoms with van der Waals surface area (Å²) in [4.78, 5) is 19.6. The molecular weight excluding hydrogens is 437 g/mol. The van der Waals surface area contributed by atoms with E-state index >= 15 is 0 Å². The molecule has 0 saturated heterocycles. The molecule has 2 N–H and O–H groups in total. The fourth-order valence-corrected chi connectivity index (χ4v) is 3.37. The molecule has 0 spiro atoms. The second-order valence-corrected chi connectivity index (χ2v) is 9.81. The fourth-order valence-electron chi connectivity index (χ4n) is 2.99.